The van der Waals surface area contributed by atoms with Crippen LogP contribution in [0, 0.1) is 26.7 Å². The third-order valence-electron chi connectivity index (χ3n) is 7.13. The van der Waals surface area contributed by atoms with E-state index in [1.165, 1.54) is 0 Å². The van der Waals surface area contributed by atoms with Crippen LogP contribution in [-0.4, -0.2) is 44.5 Å². The van der Waals surface area contributed by atoms with Gasteiger partial charge in [0.2, 0.25) is 0 Å². The highest BCUT2D eigenvalue weighted by Crippen LogP contribution is 2.40. The lowest BCUT2D eigenvalue weighted by Crippen LogP contribution is -2.24. The molecule has 0 bridgehead atoms. The molecule has 1 amide bonds. The molecule has 1 N–H and O–H groups in total. The Balaban J connectivity index is 1.54. The fourth-order valence-electron chi connectivity index (χ4n) is 4.63. The molecule has 9 heteroatoms. The van der Waals surface area contributed by atoms with Gasteiger partial charge in [0.15, 0.2) is 5.82 Å². The number of carbonyl (C=O) groups excluding carboxylic acids is 1. The van der Waals surface area contributed by atoms with Crippen molar-refractivity contribution in [3.63, 3.8) is 0 Å². The summed E-state index contributed by atoms with van der Waals surface area (Å²) in [6.45, 7) is 7.63. The molecule has 2 atom stereocenters. The molecule has 3 heterocycles. The molecular weight excluding hydrogens is 510 g/mol. The Bertz CT molecular complexity index is 1620. The number of hydrogen-bond acceptors (Lipinski definition) is 6. The van der Waals surface area contributed by atoms with Gasteiger partial charge in [0.25, 0.3) is 5.91 Å². The van der Waals surface area contributed by atoms with E-state index in [4.69, 9.17) is 4.99 Å². The number of aliphatic carboxylic acids is 1. The molecule has 0 fully saturated rings. The fraction of sp³-hybridized carbons (Fsp3) is 0.233. The second-order valence-corrected chi connectivity index (χ2v) is 10.8. The minimum Gasteiger partial charge on any atom is -0.481 e. The first-order chi connectivity index (χ1) is 18.7. The van der Waals surface area contributed by atoms with Gasteiger partial charge in [-0.25, -0.2) is 0 Å². The van der Waals surface area contributed by atoms with E-state index in [2.05, 4.69) is 24.0 Å². The molecule has 2 aromatic carbocycles. The van der Waals surface area contributed by atoms with Gasteiger partial charge in [0, 0.05) is 34.8 Å². The van der Waals surface area contributed by atoms with E-state index in [9.17, 15) is 14.7 Å². The van der Waals surface area contributed by atoms with Crippen molar-refractivity contribution in [2.75, 3.05) is 11.9 Å². The number of benzene rings is 2. The molecule has 0 saturated heterocycles. The number of carboxylic acid groups (broad SMARTS) is 1. The van der Waals surface area contributed by atoms with Crippen LogP contribution in [0.25, 0.3) is 11.1 Å². The fourth-order valence-corrected chi connectivity index (χ4v) is 5.84. The van der Waals surface area contributed by atoms with Gasteiger partial charge in [0.1, 0.15) is 16.9 Å². The molecule has 2 aromatic heterocycles. The van der Waals surface area contributed by atoms with Crippen LogP contribution in [0.2, 0.25) is 0 Å². The van der Waals surface area contributed by atoms with E-state index in [-0.39, 0.29) is 5.91 Å². The van der Waals surface area contributed by atoms with Gasteiger partial charge in [-0.1, -0.05) is 42.5 Å². The van der Waals surface area contributed by atoms with Crippen molar-refractivity contribution in [3.8, 4) is 5.00 Å². The van der Waals surface area contributed by atoms with Gasteiger partial charge >= 0.3 is 5.97 Å². The standard InChI is InChI=1S/C30H29N5O3S/c1-17-19(3)39-29-25(17)27(31-26(18(2)30(37)38)28-33-32-20(4)35(28)29)22-12-14-23(15-13-22)34(5)24(36)16-11-21-9-7-6-8-10-21/h6-16,18,26H,1-5H3,(H,37,38)/t18-,26?/m0/s1. The molecule has 198 valence electrons. The molecule has 4 aromatic rings. The second-order valence-electron chi connectivity index (χ2n) is 9.64. The number of carboxylic acids is 1. The van der Waals surface area contributed by atoms with Crippen molar-refractivity contribution in [1.82, 2.24) is 14.8 Å². The van der Waals surface area contributed by atoms with Crippen molar-refractivity contribution in [1.29, 1.82) is 0 Å². The van der Waals surface area contributed by atoms with Gasteiger partial charge < -0.3 is 10.0 Å². The molecule has 0 aliphatic carbocycles. The quantitative estimate of drug-likeness (QED) is 0.324. The monoisotopic (exact) mass is 539 g/mol. The van der Waals surface area contributed by atoms with Crippen LogP contribution in [0.1, 0.15) is 51.7 Å². The van der Waals surface area contributed by atoms with E-state index in [1.807, 2.05) is 66.1 Å². The van der Waals surface area contributed by atoms with E-state index < -0.39 is 17.9 Å². The van der Waals surface area contributed by atoms with Gasteiger partial charge in [-0.3, -0.25) is 19.1 Å². The molecule has 1 aliphatic rings. The Hall–Kier alpha value is -4.37. The smallest absolute Gasteiger partial charge is 0.308 e. The minimum absolute atomic E-state index is 0.145. The Morgan fingerprint density at radius 3 is 2.41 bits per heavy atom. The first kappa shape index (κ1) is 26.2. The van der Waals surface area contributed by atoms with Crippen molar-refractivity contribution < 1.29 is 14.7 Å². The highest BCUT2D eigenvalue weighted by atomic mass is 32.1. The van der Waals surface area contributed by atoms with Crippen LogP contribution in [0.15, 0.2) is 65.7 Å². The summed E-state index contributed by atoms with van der Waals surface area (Å²) in [6.07, 6.45) is 3.35. The third-order valence-corrected chi connectivity index (χ3v) is 8.32. The summed E-state index contributed by atoms with van der Waals surface area (Å²) in [5.41, 5.74) is 5.26. The number of anilines is 1. The number of thiophene rings is 1. The summed E-state index contributed by atoms with van der Waals surface area (Å²) in [7, 11) is 1.74. The largest absolute Gasteiger partial charge is 0.481 e. The predicted octanol–water partition coefficient (Wildman–Crippen LogP) is 5.54. The lowest BCUT2D eigenvalue weighted by Gasteiger charge is -2.18. The molecule has 1 aliphatic heterocycles. The zero-order valence-corrected chi connectivity index (χ0v) is 23.2. The summed E-state index contributed by atoms with van der Waals surface area (Å²) >= 11 is 1.62. The Morgan fingerprint density at radius 2 is 1.74 bits per heavy atom. The average Bonchev–Trinajstić information content (AvgIpc) is 3.41. The first-order valence-corrected chi connectivity index (χ1v) is 13.4. The summed E-state index contributed by atoms with van der Waals surface area (Å²) in [5, 5.41) is 19.4. The highest BCUT2D eigenvalue weighted by Gasteiger charge is 2.36. The van der Waals surface area contributed by atoms with Gasteiger partial charge in [-0.15, -0.1) is 21.5 Å². The van der Waals surface area contributed by atoms with E-state index in [1.54, 1.807) is 42.4 Å². The summed E-state index contributed by atoms with van der Waals surface area (Å²) in [5.74, 6) is -0.698. The van der Waals surface area contributed by atoms with Crippen molar-refractivity contribution in [3.05, 3.63) is 99.5 Å². The number of likely N-dealkylation sites (N-methyl/N-ethyl adjacent to an activating group) is 1. The van der Waals surface area contributed by atoms with Crippen molar-refractivity contribution in [2.24, 2.45) is 10.9 Å². The Morgan fingerprint density at radius 1 is 1.05 bits per heavy atom. The second kappa shape index (κ2) is 10.4. The maximum absolute atomic E-state index is 12.8. The maximum Gasteiger partial charge on any atom is 0.308 e. The molecular formula is C30H29N5O3S. The van der Waals surface area contributed by atoms with Gasteiger partial charge in [0.05, 0.1) is 11.6 Å². The normalized spacial score (nSPS) is 15.3. The number of carbonyl (C=O) groups is 2. The maximum atomic E-state index is 12.8. The van der Waals surface area contributed by atoms with E-state index in [0.717, 1.165) is 37.8 Å². The van der Waals surface area contributed by atoms with Gasteiger partial charge in [-0.2, -0.15) is 0 Å². The van der Waals surface area contributed by atoms with E-state index in [0.29, 0.717) is 17.4 Å². The number of aryl methyl sites for hydroxylation is 2. The number of aromatic nitrogens is 3. The van der Waals surface area contributed by atoms with E-state index >= 15 is 0 Å². The zero-order chi connectivity index (χ0) is 27.8. The van der Waals surface area contributed by atoms with Crippen LogP contribution in [0.5, 0.6) is 0 Å². The summed E-state index contributed by atoms with van der Waals surface area (Å²) in [4.78, 5) is 32.6. The lowest BCUT2D eigenvalue weighted by atomic mass is 9.98. The topological polar surface area (TPSA) is 101 Å². The van der Waals surface area contributed by atoms with Crippen molar-refractivity contribution >= 4 is 40.7 Å². The molecule has 8 nitrogen and oxygen atoms in total. The van der Waals surface area contributed by atoms with Crippen LogP contribution in [-0.2, 0) is 9.59 Å². The Labute approximate surface area is 231 Å². The SMILES string of the molecule is Cc1sc2c(c1C)C(c1ccc(N(C)C(=O)C=Cc3ccccc3)cc1)=NC([C@H](C)C(=O)O)c1nnc(C)n1-2. The Kier molecular flexibility index (Phi) is 7.01. The number of hydrogen-bond donors (Lipinski definition) is 1. The van der Waals surface area contributed by atoms with Crippen LogP contribution in [0.4, 0.5) is 5.69 Å². The molecule has 0 spiro atoms. The molecule has 0 radical (unpaired) electrons. The minimum atomic E-state index is -0.951. The third kappa shape index (κ3) is 4.81. The number of aliphatic imine (C=N–C) groups is 1. The van der Waals surface area contributed by atoms with Crippen LogP contribution >= 0.6 is 11.3 Å². The van der Waals surface area contributed by atoms with Crippen LogP contribution < -0.4 is 4.90 Å². The summed E-state index contributed by atoms with van der Waals surface area (Å²) < 4.78 is 1.94. The van der Waals surface area contributed by atoms with Crippen LogP contribution in [0.3, 0.4) is 0 Å². The first-order valence-electron chi connectivity index (χ1n) is 12.6. The molecule has 39 heavy (non-hydrogen) atoms. The average molecular weight is 540 g/mol. The predicted molar refractivity (Wildman–Crippen MR) is 154 cm³/mol. The van der Waals surface area contributed by atoms with Crippen molar-refractivity contribution in [2.45, 2.75) is 33.7 Å². The molecule has 0 saturated carbocycles. The number of amides is 1. The number of nitrogens with zero attached hydrogens (tertiary/aromatic N) is 5. The highest BCUT2D eigenvalue weighted by molar-refractivity contribution is 7.15. The summed E-state index contributed by atoms with van der Waals surface area (Å²) in [6, 6.07) is 16.6. The lowest BCUT2D eigenvalue weighted by molar-refractivity contribution is -0.141. The molecule has 5 rings (SSSR count). The molecule has 1 unspecified atom stereocenters. The zero-order valence-electron chi connectivity index (χ0n) is 22.4. The van der Waals surface area contributed by atoms with Gasteiger partial charge in [-0.05, 0) is 57.0 Å². The number of rotatable bonds is 6. The number of fused-ring (bicyclic) bond motifs is 3.